The lowest BCUT2D eigenvalue weighted by Gasteiger charge is -2.26. The molecule has 0 N–H and O–H groups in total. The van der Waals surface area contributed by atoms with Crippen LogP contribution in [0.25, 0.3) is 0 Å². The molecule has 0 saturated heterocycles. The molecule has 5 heteroatoms. The third-order valence-electron chi connectivity index (χ3n) is 2.81. The van der Waals surface area contributed by atoms with Crippen LogP contribution in [0.4, 0.5) is 4.79 Å². The highest BCUT2D eigenvalue weighted by Crippen LogP contribution is 2.35. The summed E-state index contributed by atoms with van der Waals surface area (Å²) in [7, 11) is 0. The quantitative estimate of drug-likeness (QED) is 0.730. The molecule has 1 aromatic rings. The van der Waals surface area contributed by atoms with Gasteiger partial charge >= 0.3 is 6.09 Å². The summed E-state index contributed by atoms with van der Waals surface area (Å²) in [5.41, 5.74) is 1.29. The number of nitriles is 1. The first-order chi connectivity index (χ1) is 8.81. The van der Waals surface area contributed by atoms with Crippen molar-refractivity contribution >= 4 is 22.0 Å². The zero-order chi connectivity index (χ0) is 14.2. The largest absolute Gasteiger partial charge is 0.444 e. The molecule has 1 aromatic carbocycles. The predicted molar refractivity (Wildman–Crippen MR) is 74.3 cm³/mol. The average molecular weight is 323 g/mol. The van der Waals surface area contributed by atoms with Crippen LogP contribution in [0, 0.1) is 11.3 Å². The second-order valence-electron chi connectivity index (χ2n) is 5.48. The number of rotatable bonds is 0. The molecule has 0 aliphatic carbocycles. The maximum Gasteiger partial charge on any atom is 0.411 e. The van der Waals surface area contributed by atoms with Crippen molar-refractivity contribution in [1.82, 2.24) is 4.90 Å². The van der Waals surface area contributed by atoms with Crippen LogP contribution in [0.5, 0.6) is 0 Å². The van der Waals surface area contributed by atoms with Crippen molar-refractivity contribution in [2.24, 2.45) is 0 Å². The molecule has 0 bridgehead atoms. The van der Waals surface area contributed by atoms with E-state index in [1.807, 2.05) is 39.0 Å². The van der Waals surface area contributed by atoms with Gasteiger partial charge in [-0.3, -0.25) is 4.90 Å². The third-order valence-corrected chi connectivity index (χ3v) is 3.30. The average Bonchev–Trinajstić information content (AvgIpc) is 2.64. The molecular weight excluding hydrogens is 308 g/mol. The molecule has 4 nitrogen and oxygen atoms in total. The van der Waals surface area contributed by atoms with E-state index < -0.39 is 17.7 Å². The van der Waals surface area contributed by atoms with E-state index >= 15 is 0 Å². The van der Waals surface area contributed by atoms with Crippen molar-refractivity contribution in [1.29, 1.82) is 5.26 Å². The van der Waals surface area contributed by atoms with Crippen molar-refractivity contribution < 1.29 is 9.53 Å². The number of carbonyl (C=O) groups is 1. The van der Waals surface area contributed by atoms with E-state index in [0.717, 1.165) is 15.6 Å². The van der Waals surface area contributed by atoms with E-state index in [-0.39, 0.29) is 0 Å². The van der Waals surface area contributed by atoms with Crippen LogP contribution < -0.4 is 0 Å². The van der Waals surface area contributed by atoms with Crippen molar-refractivity contribution in [3.63, 3.8) is 0 Å². The molecule has 0 fully saturated rings. The van der Waals surface area contributed by atoms with Crippen LogP contribution in [0.3, 0.4) is 0 Å². The van der Waals surface area contributed by atoms with Crippen molar-refractivity contribution in [2.75, 3.05) is 0 Å². The normalized spacial score (nSPS) is 17.8. The van der Waals surface area contributed by atoms with E-state index in [2.05, 4.69) is 22.0 Å². The Labute approximate surface area is 121 Å². The van der Waals surface area contributed by atoms with Gasteiger partial charge in [-0.25, -0.2) is 4.79 Å². The van der Waals surface area contributed by atoms with Crippen LogP contribution >= 0.6 is 15.9 Å². The lowest BCUT2D eigenvalue weighted by molar-refractivity contribution is 0.0213. The summed E-state index contributed by atoms with van der Waals surface area (Å²) in [6.45, 7) is 5.85. The summed E-state index contributed by atoms with van der Waals surface area (Å²) < 4.78 is 6.24. The summed E-state index contributed by atoms with van der Waals surface area (Å²) in [5, 5.41) is 9.31. The topological polar surface area (TPSA) is 53.3 Å². The molecule has 1 atom stereocenters. The van der Waals surface area contributed by atoms with Gasteiger partial charge in [-0.15, -0.1) is 0 Å². The molecule has 1 unspecified atom stereocenters. The van der Waals surface area contributed by atoms with Gasteiger partial charge in [0, 0.05) is 4.47 Å². The zero-order valence-electron chi connectivity index (χ0n) is 11.1. The van der Waals surface area contributed by atoms with E-state index in [9.17, 15) is 10.1 Å². The fourth-order valence-corrected chi connectivity index (χ4v) is 2.42. The minimum absolute atomic E-state index is 0.412. The molecule has 1 aliphatic heterocycles. The second kappa shape index (κ2) is 4.86. The summed E-state index contributed by atoms with van der Waals surface area (Å²) in [4.78, 5) is 13.6. The first-order valence-electron chi connectivity index (χ1n) is 5.99. The molecule has 0 saturated carbocycles. The molecule has 0 radical (unpaired) electrons. The van der Waals surface area contributed by atoms with Gasteiger partial charge in [0.1, 0.15) is 11.6 Å². The Hall–Kier alpha value is -1.54. The Morgan fingerprint density at radius 2 is 2.21 bits per heavy atom. The Morgan fingerprint density at radius 3 is 2.79 bits per heavy atom. The molecule has 0 spiro atoms. The minimum atomic E-state index is -0.581. The highest BCUT2D eigenvalue weighted by atomic mass is 79.9. The predicted octanol–water partition coefficient (Wildman–Crippen LogP) is 3.76. The van der Waals surface area contributed by atoms with Gasteiger partial charge in [-0.1, -0.05) is 22.0 Å². The zero-order valence-corrected chi connectivity index (χ0v) is 12.7. The number of hydrogen-bond donors (Lipinski definition) is 0. The molecule has 19 heavy (non-hydrogen) atoms. The fourth-order valence-electron chi connectivity index (χ4n) is 2.04. The number of halogens is 1. The van der Waals surface area contributed by atoms with E-state index in [1.165, 1.54) is 4.90 Å². The summed E-state index contributed by atoms with van der Waals surface area (Å²) in [5.74, 6) is 0. The highest BCUT2D eigenvalue weighted by molar-refractivity contribution is 9.10. The van der Waals surface area contributed by atoms with Crippen LogP contribution in [-0.2, 0) is 11.3 Å². The lowest BCUT2D eigenvalue weighted by Crippen LogP contribution is -2.35. The Balaban J connectivity index is 2.27. The van der Waals surface area contributed by atoms with Gasteiger partial charge in [0.2, 0.25) is 0 Å². The van der Waals surface area contributed by atoms with Gasteiger partial charge in [0.05, 0.1) is 12.6 Å². The summed E-state index contributed by atoms with van der Waals surface area (Å²) in [6.07, 6.45) is -0.452. The first-order valence-corrected chi connectivity index (χ1v) is 6.78. The van der Waals surface area contributed by atoms with Crippen LogP contribution in [-0.4, -0.2) is 16.6 Å². The third kappa shape index (κ3) is 2.90. The maximum atomic E-state index is 12.1. The van der Waals surface area contributed by atoms with Crippen molar-refractivity contribution in [2.45, 2.75) is 39.0 Å². The van der Waals surface area contributed by atoms with Crippen molar-refractivity contribution in [3.05, 3.63) is 33.8 Å². The van der Waals surface area contributed by atoms with Gasteiger partial charge < -0.3 is 4.74 Å². The fraction of sp³-hybridized carbons (Fsp3) is 0.429. The smallest absolute Gasteiger partial charge is 0.411 e. The van der Waals surface area contributed by atoms with Gasteiger partial charge in [-0.2, -0.15) is 5.26 Å². The SMILES string of the molecule is CC(C)(C)OC(=O)N1Cc2ccc(Br)cc2C1C#N. The Kier molecular flexibility index (Phi) is 3.55. The molecule has 0 aromatic heterocycles. The molecule has 2 rings (SSSR count). The number of nitrogens with zero attached hydrogens (tertiary/aromatic N) is 2. The number of benzene rings is 1. The Bertz CT molecular complexity index is 558. The second-order valence-corrected chi connectivity index (χ2v) is 6.40. The van der Waals surface area contributed by atoms with E-state index in [4.69, 9.17) is 4.74 Å². The molecule has 1 aliphatic rings. The number of ether oxygens (including phenoxy) is 1. The van der Waals surface area contributed by atoms with Gasteiger partial charge in [0.15, 0.2) is 0 Å². The summed E-state index contributed by atoms with van der Waals surface area (Å²) in [6, 6.07) is 7.30. The monoisotopic (exact) mass is 322 g/mol. The number of hydrogen-bond acceptors (Lipinski definition) is 3. The van der Waals surface area contributed by atoms with Crippen LogP contribution in [0.15, 0.2) is 22.7 Å². The maximum absolute atomic E-state index is 12.1. The van der Waals surface area contributed by atoms with Crippen molar-refractivity contribution in [3.8, 4) is 6.07 Å². The van der Waals surface area contributed by atoms with E-state index in [0.29, 0.717) is 6.54 Å². The molecule has 1 heterocycles. The highest BCUT2D eigenvalue weighted by Gasteiger charge is 2.36. The standard InChI is InChI=1S/C14H15BrN2O2/c1-14(2,3)19-13(18)17-8-9-4-5-10(15)6-11(9)12(17)7-16/h4-6,12H,8H2,1-3H3. The number of carbonyl (C=O) groups excluding carboxylic acids is 1. The molecular formula is C14H15BrN2O2. The lowest BCUT2D eigenvalue weighted by atomic mass is 10.1. The van der Waals surface area contributed by atoms with E-state index in [1.54, 1.807) is 0 Å². The Morgan fingerprint density at radius 1 is 1.53 bits per heavy atom. The van der Waals surface area contributed by atoms with Gasteiger partial charge in [0.25, 0.3) is 0 Å². The molecule has 1 amide bonds. The van der Waals surface area contributed by atoms with Crippen LogP contribution in [0.2, 0.25) is 0 Å². The van der Waals surface area contributed by atoms with Crippen LogP contribution in [0.1, 0.15) is 37.9 Å². The number of fused-ring (bicyclic) bond motifs is 1. The van der Waals surface area contributed by atoms with Gasteiger partial charge in [-0.05, 0) is 44.0 Å². The molecule has 100 valence electrons. The number of amides is 1. The minimum Gasteiger partial charge on any atom is -0.444 e. The first kappa shape index (κ1) is 13.9. The summed E-state index contributed by atoms with van der Waals surface area (Å²) >= 11 is 3.38.